The third-order valence-electron chi connectivity index (χ3n) is 2.77. The van der Waals surface area contributed by atoms with Crippen molar-refractivity contribution in [1.29, 1.82) is 0 Å². The number of ether oxygens (including phenoxy) is 2. The lowest BCUT2D eigenvalue weighted by Gasteiger charge is -2.06. The predicted molar refractivity (Wildman–Crippen MR) is 77.6 cm³/mol. The van der Waals surface area contributed by atoms with Gasteiger partial charge in [0.15, 0.2) is 0 Å². The van der Waals surface area contributed by atoms with E-state index in [9.17, 15) is 25.0 Å². The van der Waals surface area contributed by atoms with Crippen LogP contribution < -0.4 is 9.47 Å². The van der Waals surface area contributed by atoms with Crippen LogP contribution in [-0.2, 0) is 0 Å². The molecule has 0 spiro atoms. The summed E-state index contributed by atoms with van der Waals surface area (Å²) in [7, 11) is 0. The van der Waals surface area contributed by atoms with Gasteiger partial charge >= 0.3 is 11.8 Å². The topological polar surface area (TPSA) is 122 Å². The van der Waals surface area contributed by atoms with Crippen LogP contribution in [0.15, 0.2) is 42.5 Å². The summed E-state index contributed by atoms with van der Waals surface area (Å²) in [5.74, 6) is -0.247. The van der Waals surface area contributed by atoms with Crippen LogP contribution in [0.5, 0.6) is 11.5 Å². The van der Waals surface area contributed by atoms with Crippen molar-refractivity contribution >= 4 is 17.5 Å². The smallest absolute Gasteiger partial charge is 0.395 e. The van der Waals surface area contributed by atoms with Crippen molar-refractivity contribution in [3.8, 4) is 11.5 Å². The normalized spacial score (nSPS) is 9.96. The minimum atomic E-state index is -1.19. The number of aryl methyl sites for hydroxylation is 1. The summed E-state index contributed by atoms with van der Waals surface area (Å²) >= 11 is 0. The third-order valence-corrected chi connectivity index (χ3v) is 2.77. The largest absolute Gasteiger partial charge is 0.519 e. The van der Waals surface area contributed by atoms with Gasteiger partial charge in [-0.3, -0.25) is 20.2 Å². The Hall–Kier alpha value is -3.49. The molecule has 0 aromatic heterocycles. The molecule has 9 nitrogen and oxygen atoms in total. The summed E-state index contributed by atoms with van der Waals surface area (Å²) < 4.78 is 9.62. The predicted octanol–water partition coefficient (Wildman–Crippen LogP) is 3.39. The second-order valence-corrected chi connectivity index (χ2v) is 4.43. The minimum absolute atomic E-state index is 0.199. The number of hydrogen-bond donors (Lipinski definition) is 0. The fraction of sp³-hybridized carbons (Fsp3) is 0.0714. The van der Waals surface area contributed by atoms with Gasteiger partial charge < -0.3 is 9.47 Å². The second kappa shape index (κ2) is 6.52. The van der Waals surface area contributed by atoms with Crippen molar-refractivity contribution in [3.63, 3.8) is 0 Å². The molecule has 0 fully saturated rings. The molecule has 2 rings (SSSR count). The molecule has 0 bridgehead atoms. The van der Waals surface area contributed by atoms with E-state index in [-0.39, 0.29) is 5.75 Å². The molecule has 0 N–H and O–H groups in total. The van der Waals surface area contributed by atoms with Crippen molar-refractivity contribution in [1.82, 2.24) is 0 Å². The number of nitro groups is 2. The minimum Gasteiger partial charge on any atom is -0.395 e. The Labute approximate surface area is 129 Å². The van der Waals surface area contributed by atoms with Crippen molar-refractivity contribution in [2.75, 3.05) is 0 Å². The van der Waals surface area contributed by atoms with Gasteiger partial charge in [-0.2, -0.15) is 0 Å². The first-order chi connectivity index (χ1) is 10.9. The summed E-state index contributed by atoms with van der Waals surface area (Å²) in [5.41, 5.74) is -0.243. The van der Waals surface area contributed by atoms with E-state index in [1.165, 1.54) is 12.1 Å². The summed E-state index contributed by atoms with van der Waals surface area (Å²) in [4.78, 5) is 31.5. The Bertz CT molecular complexity index is 771. The highest BCUT2D eigenvalue weighted by atomic mass is 16.7. The van der Waals surface area contributed by atoms with E-state index >= 15 is 0 Å². The van der Waals surface area contributed by atoms with Crippen LogP contribution in [0.3, 0.4) is 0 Å². The van der Waals surface area contributed by atoms with Gasteiger partial charge in [-0.05, 0) is 25.1 Å². The number of rotatable bonds is 4. The molecule has 0 saturated heterocycles. The maximum absolute atomic E-state index is 11.7. The van der Waals surface area contributed by atoms with Crippen molar-refractivity contribution in [3.05, 3.63) is 68.3 Å². The van der Waals surface area contributed by atoms with E-state index in [0.29, 0.717) is 6.07 Å². The number of carbonyl (C=O) groups is 1. The molecular weight excluding hydrogens is 308 g/mol. The number of hydrogen-bond acceptors (Lipinski definition) is 7. The summed E-state index contributed by atoms with van der Waals surface area (Å²) in [5, 5.41) is 21.6. The molecule has 0 aliphatic heterocycles. The molecular formula is C14H10N2O7. The first kappa shape index (κ1) is 15.9. The van der Waals surface area contributed by atoms with Gasteiger partial charge in [0.25, 0.3) is 5.69 Å². The van der Waals surface area contributed by atoms with E-state index in [0.717, 1.165) is 17.7 Å². The van der Waals surface area contributed by atoms with Gasteiger partial charge in [0.1, 0.15) is 5.75 Å². The standard InChI is InChI=1S/C14H10N2O7/c1-9-2-5-11(6-3-9)22-14(17)23-13-7-4-10(15(18)19)8-12(13)16(20)21/h2-8H,1H3. The zero-order valence-corrected chi connectivity index (χ0v) is 11.8. The fourth-order valence-electron chi connectivity index (χ4n) is 1.66. The maximum atomic E-state index is 11.7. The molecule has 0 atom stereocenters. The molecule has 9 heteroatoms. The van der Waals surface area contributed by atoms with Crippen LogP contribution >= 0.6 is 0 Å². The van der Waals surface area contributed by atoms with E-state index in [2.05, 4.69) is 0 Å². The van der Waals surface area contributed by atoms with Crippen molar-refractivity contribution in [2.45, 2.75) is 6.92 Å². The Kier molecular flexibility index (Phi) is 4.50. The number of nitrogens with zero attached hydrogens (tertiary/aromatic N) is 2. The Balaban J connectivity index is 2.18. The van der Waals surface area contributed by atoms with E-state index in [4.69, 9.17) is 9.47 Å². The SMILES string of the molecule is Cc1ccc(OC(=O)Oc2ccc([N+](=O)[O-])cc2[N+](=O)[O-])cc1. The molecule has 2 aromatic rings. The van der Waals surface area contributed by atoms with Gasteiger partial charge in [-0.15, -0.1) is 0 Å². The average molecular weight is 318 g/mol. The van der Waals surface area contributed by atoms with Crippen LogP contribution in [-0.4, -0.2) is 16.0 Å². The number of carbonyl (C=O) groups excluding carboxylic acids is 1. The molecule has 2 aromatic carbocycles. The molecule has 0 unspecified atom stereocenters. The zero-order chi connectivity index (χ0) is 17.0. The van der Waals surface area contributed by atoms with Crippen LogP contribution in [0, 0.1) is 27.2 Å². The molecule has 0 heterocycles. The van der Waals surface area contributed by atoms with Crippen LogP contribution in [0.4, 0.5) is 16.2 Å². The summed E-state index contributed by atoms with van der Waals surface area (Å²) in [6.45, 7) is 1.85. The first-order valence-electron chi connectivity index (χ1n) is 6.26. The van der Waals surface area contributed by atoms with Gasteiger partial charge in [0.2, 0.25) is 5.75 Å². The molecule has 0 saturated carbocycles. The van der Waals surface area contributed by atoms with Crippen LogP contribution in [0.25, 0.3) is 0 Å². The van der Waals surface area contributed by atoms with Gasteiger partial charge in [-0.25, -0.2) is 4.79 Å². The lowest BCUT2D eigenvalue weighted by molar-refractivity contribution is -0.394. The lowest BCUT2D eigenvalue weighted by atomic mass is 10.2. The number of nitro benzene ring substituents is 2. The van der Waals surface area contributed by atoms with E-state index < -0.39 is 33.1 Å². The maximum Gasteiger partial charge on any atom is 0.519 e. The van der Waals surface area contributed by atoms with Crippen molar-refractivity contribution in [2.24, 2.45) is 0 Å². The first-order valence-corrected chi connectivity index (χ1v) is 6.26. The molecule has 0 aliphatic rings. The molecule has 0 radical (unpaired) electrons. The van der Waals surface area contributed by atoms with Crippen molar-refractivity contribution < 1.29 is 24.1 Å². The molecule has 23 heavy (non-hydrogen) atoms. The number of benzene rings is 2. The lowest BCUT2D eigenvalue weighted by Crippen LogP contribution is -2.14. The summed E-state index contributed by atoms with van der Waals surface area (Å²) in [6, 6.07) is 9.12. The molecule has 0 amide bonds. The highest BCUT2D eigenvalue weighted by molar-refractivity contribution is 5.69. The quantitative estimate of drug-likeness (QED) is 0.366. The van der Waals surface area contributed by atoms with Gasteiger partial charge in [0.05, 0.1) is 15.9 Å². The Morgan fingerprint density at radius 1 is 0.957 bits per heavy atom. The monoisotopic (exact) mass is 318 g/mol. The number of non-ortho nitro benzene ring substituents is 1. The zero-order valence-electron chi connectivity index (χ0n) is 11.8. The Morgan fingerprint density at radius 3 is 2.17 bits per heavy atom. The van der Waals surface area contributed by atoms with E-state index in [1.807, 2.05) is 6.92 Å². The Morgan fingerprint density at radius 2 is 1.61 bits per heavy atom. The molecule has 0 aliphatic carbocycles. The molecule has 118 valence electrons. The summed E-state index contributed by atoms with van der Waals surface area (Å²) in [6.07, 6.45) is -1.19. The van der Waals surface area contributed by atoms with E-state index in [1.54, 1.807) is 12.1 Å². The average Bonchev–Trinajstić information content (AvgIpc) is 2.49. The van der Waals surface area contributed by atoms with Gasteiger partial charge in [-0.1, -0.05) is 17.7 Å². The highest BCUT2D eigenvalue weighted by Gasteiger charge is 2.23. The second-order valence-electron chi connectivity index (χ2n) is 4.43. The van der Waals surface area contributed by atoms with Crippen LogP contribution in [0.2, 0.25) is 0 Å². The fourth-order valence-corrected chi connectivity index (χ4v) is 1.66. The van der Waals surface area contributed by atoms with Crippen LogP contribution in [0.1, 0.15) is 5.56 Å². The highest BCUT2D eigenvalue weighted by Crippen LogP contribution is 2.31. The third kappa shape index (κ3) is 4.00. The van der Waals surface area contributed by atoms with Gasteiger partial charge in [0, 0.05) is 6.07 Å².